The van der Waals surface area contributed by atoms with Gasteiger partial charge in [0.25, 0.3) is 0 Å². The molecule has 0 atom stereocenters. The molecular formula is C23H23N5. The van der Waals surface area contributed by atoms with Crippen LogP contribution in [0.25, 0.3) is 22.2 Å². The quantitative estimate of drug-likeness (QED) is 0.470. The number of nitrogens with one attached hydrogen (secondary N) is 2. The van der Waals surface area contributed by atoms with Gasteiger partial charge in [0, 0.05) is 29.8 Å². The Bertz CT molecular complexity index is 1070. The van der Waals surface area contributed by atoms with Crippen molar-refractivity contribution in [3.63, 3.8) is 0 Å². The molecule has 5 nitrogen and oxygen atoms in total. The van der Waals surface area contributed by atoms with Crippen LogP contribution in [0.4, 0.5) is 17.5 Å². The van der Waals surface area contributed by atoms with Gasteiger partial charge in [0.05, 0.1) is 16.9 Å². The van der Waals surface area contributed by atoms with Crippen LogP contribution in [0, 0.1) is 5.92 Å². The van der Waals surface area contributed by atoms with E-state index in [-0.39, 0.29) is 0 Å². The molecule has 28 heavy (non-hydrogen) atoms. The lowest BCUT2D eigenvalue weighted by Gasteiger charge is -2.13. The molecule has 2 aromatic heterocycles. The summed E-state index contributed by atoms with van der Waals surface area (Å²) >= 11 is 0. The molecule has 0 spiro atoms. The van der Waals surface area contributed by atoms with E-state index in [1.807, 2.05) is 54.6 Å². The summed E-state index contributed by atoms with van der Waals surface area (Å²) in [6.45, 7) is 5.20. The Morgan fingerprint density at radius 3 is 2.54 bits per heavy atom. The normalized spacial score (nSPS) is 11.0. The molecule has 0 unspecified atom stereocenters. The van der Waals surface area contributed by atoms with Gasteiger partial charge in [-0.05, 0) is 18.1 Å². The fraction of sp³-hybridized carbons (Fsp3) is 0.174. The summed E-state index contributed by atoms with van der Waals surface area (Å²) in [5, 5.41) is 7.85. The Labute approximate surface area is 164 Å². The average molecular weight is 369 g/mol. The Morgan fingerprint density at radius 1 is 0.893 bits per heavy atom. The molecule has 2 aromatic carbocycles. The van der Waals surface area contributed by atoms with Crippen LogP contribution < -0.4 is 10.6 Å². The maximum Gasteiger partial charge on any atom is 0.229 e. The van der Waals surface area contributed by atoms with Gasteiger partial charge in [-0.25, -0.2) is 4.98 Å². The van der Waals surface area contributed by atoms with Crippen LogP contribution in [-0.2, 0) is 0 Å². The first-order valence-electron chi connectivity index (χ1n) is 9.48. The van der Waals surface area contributed by atoms with Crippen molar-refractivity contribution in [2.24, 2.45) is 5.92 Å². The van der Waals surface area contributed by atoms with E-state index < -0.39 is 0 Å². The molecule has 5 heteroatoms. The van der Waals surface area contributed by atoms with Crippen molar-refractivity contribution in [1.29, 1.82) is 0 Å². The summed E-state index contributed by atoms with van der Waals surface area (Å²) in [5.41, 5.74) is 3.71. The Kier molecular flexibility index (Phi) is 5.15. The minimum Gasteiger partial charge on any atom is -0.370 e. The summed E-state index contributed by atoms with van der Waals surface area (Å²) < 4.78 is 0. The van der Waals surface area contributed by atoms with Crippen LogP contribution in [0.15, 0.2) is 72.9 Å². The van der Waals surface area contributed by atoms with Crippen molar-refractivity contribution in [3.05, 3.63) is 72.9 Å². The smallest absolute Gasteiger partial charge is 0.229 e. The second-order valence-corrected chi connectivity index (χ2v) is 7.11. The van der Waals surface area contributed by atoms with Crippen molar-refractivity contribution >= 4 is 28.4 Å². The van der Waals surface area contributed by atoms with Crippen LogP contribution in [0.2, 0.25) is 0 Å². The third kappa shape index (κ3) is 4.09. The molecule has 0 saturated heterocycles. The number of rotatable bonds is 6. The first-order chi connectivity index (χ1) is 13.7. The second-order valence-electron chi connectivity index (χ2n) is 7.11. The number of fused-ring (bicyclic) bond motifs is 1. The molecule has 0 radical (unpaired) electrons. The third-order valence-electron chi connectivity index (χ3n) is 4.37. The zero-order valence-electron chi connectivity index (χ0n) is 16.1. The van der Waals surface area contributed by atoms with E-state index in [2.05, 4.69) is 46.6 Å². The number of hydrogen-bond donors (Lipinski definition) is 2. The lowest BCUT2D eigenvalue weighted by Crippen LogP contribution is -2.11. The maximum atomic E-state index is 4.74. The van der Waals surface area contributed by atoms with Gasteiger partial charge in [0.1, 0.15) is 5.82 Å². The van der Waals surface area contributed by atoms with Gasteiger partial charge in [-0.3, -0.25) is 4.98 Å². The summed E-state index contributed by atoms with van der Waals surface area (Å²) in [7, 11) is 0. The molecule has 4 aromatic rings. The van der Waals surface area contributed by atoms with Gasteiger partial charge in [-0.15, -0.1) is 0 Å². The van der Waals surface area contributed by atoms with Crippen molar-refractivity contribution < 1.29 is 0 Å². The fourth-order valence-electron chi connectivity index (χ4n) is 2.98. The van der Waals surface area contributed by atoms with Crippen molar-refractivity contribution in [2.75, 3.05) is 17.2 Å². The molecule has 0 aliphatic rings. The molecule has 2 N–H and O–H groups in total. The molecular weight excluding hydrogens is 346 g/mol. The first-order valence-corrected chi connectivity index (χ1v) is 9.48. The number of aromatic nitrogens is 3. The van der Waals surface area contributed by atoms with Crippen LogP contribution in [0.1, 0.15) is 13.8 Å². The van der Waals surface area contributed by atoms with Gasteiger partial charge in [0.2, 0.25) is 5.95 Å². The van der Waals surface area contributed by atoms with Gasteiger partial charge in [0.15, 0.2) is 0 Å². The van der Waals surface area contributed by atoms with E-state index in [1.54, 1.807) is 6.20 Å². The predicted molar refractivity (Wildman–Crippen MR) is 116 cm³/mol. The molecule has 0 amide bonds. The van der Waals surface area contributed by atoms with Gasteiger partial charge in [-0.1, -0.05) is 62.4 Å². The summed E-state index contributed by atoms with van der Waals surface area (Å²) in [4.78, 5) is 13.9. The first kappa shape index (κ1) is 17.9. The number of hydrogen-bond acceptors (Lipinski definition) is 5. The molecule has 2 heterocycles. The second kappa shape index (κ2) is 8.05. The van der Waals surface area contributed by atoms with Crippen LogP contribution in [0.5, 0.6) is 0 Å². The fourth-order valence-corrected chi connectivity index (χ4v) is 2.98. The number of pyridine rings is 1. The van der Waals surface area contributed by atoms with E-state index in [0.717, 1.165) is 40.2 Å². The Balaban J connectivity index is 1.73. The predicted octanol–water partition coefficient (Wildman–Crippen LogP) is 5.50. The van der Waals surface area contributed by atoms with E-state index in [4.69, 9.17) is 4.98 Å². The highest BCUT2D eigenvalue weighted by Crippen LogP contribution is 2.26. The molecule has 0 aliphatic carbocycles. The monoisotopic (exact) mass is 369 g/mol. The number of para-hydroxylation sites is 1. The number of benzene rings is 2. The SMILES string of the molecule is CC(C)CNc1cc(-c2ccccc2)nc(Nc2cccc3cccnc23)n1. The van der Waals surface area contributed by atoms with Crippen molar-refractivity contribution in [2.45, 2.75) is 13.8 Å². The van der Waals surface area contributed by atoms with Crippen molar-refractivity contribution in [1.82, 2.24) is 15.0 Å². The Hall–Kier alpha value is -3.47. The highest BCUT2D eigenvalue weighted by molar-refractivity contribution is 5.91. The summed E-state index contributed by atoms with van der Waals surface area (Å²) in [6.07, 6.45) is 1.80. The lowest BCUT2D eigenvalue weighted by atomic mass is 10.1. The van der Waals surface area contributed by atoms with E-state index in [9.17, 15) is 0 Å². The molecule has 140 valence electrons. The molecule has 0 saturated carbocycles. The average Bonchev–Trinajstić information content (AvgIpc) is 2.73. The Morgan fingerprint density at radius 2 is 1.71 bits per heavy atom. The number of anilines is 3. The van der Waals surface area contributed by atoms with E-state index in [1.165, 1.54) is 0 Å². The highest BCUT2D eigenvalue weighted by Gasteiger charge is 2.09. The zero-order chi connectivity index (χ0) is 19.3. The molecule has 0 aliphatic heterocycles. The van der Waals surface area contributed by atoms with Crippen LogP contribution in [0.3, 0.4) is 0 Å². The van der Waals surface area contributed by atoms with Crippen molar-refractivity contribution in [3.8, 4) is 11.3 Å². The van der Waals surface area contributed by atoms with E-state index >= 15 is 0 Å². The van der Waals surface area contributed by atoms with Crippen LogP contribution in [-0.4, -0.2) is 21.5 Å². The maximum absolute atomic E-state index is 4.74. The van der Waals surface area contributed by atoms with Crippen LogP contribution >= 0.6 is 0 Å². The topological polar surface area (TPSA) is 62.7 Å². The summed E-state index contributed by atoms with van der Waals surface area (Å²) in [6, 6.07) is 22.2. The van der Waals surface area contributed by atoms with Gasteiger partial charge in [-0.2, -0.15) is 4.98 Å². The lowest BCUT2D eigenvalue weighted by molar-refractivity contribution is 0.687. The van der Waals surface area contributed by atoms with Gasteiger partial charge >= 0.3 is 0 Å². The summed E-state index contributed by atoms with van der Waals surface area (Å²) in [5.74, 6) is 1.87. The molecule has 0 fully saturated rings. The zero-order valence-corrected chi connectivity index (χ0v) is 16.1. The standard InChI is InChI=1S/C23H23N5/c1-16(2)15-25-21-14-20(17-8-4-3-5-9-17)27-23(28-21)26-19-12-6-10-18-11-7-13-24-22(18)19/h3-14,16H,15H2,1-2H3,(H2,25,26,27,28). The highest BCUT2D eigenvalue weighted by atomic mass is 15.1. The van der Waals surface area contributed by atoms with Gasteiger partial charge < -0.3 is 10.6 Å². The minimum absolute atomic E-state index is 0.522. The largest absolute Gasteiger partial charge is 0.370 e. The minimum atomic E-state index is 0.522. The van der Waals surface area contributed by atoms with E-state index in [0.29, 0.717) is 11.9 Å². The third-order valence-corrected chi connectivity index (χ3v) is 4.37. The molecule has 0 bridgehead atoms. The number of nitrogens with zero attached hydrogens (tertiary/aromatic N) is 3. The molecule has 4 rings (SSSR count).